The Hall–Kier alpha value is -2.69. The molecule has 2 rings (SSSR count). The minimum Gasteiger partial charge on any atom is -0.449 e. The molecular weight excluding hydrogens is 268 g/mol. The van der Waals surface area contributed by atoms with Gasteiger partial charge in [-0.2, -0.15) is 0 Å². The molecule has 0 radical (unpaired) electrons. The fraction of sp³-hybridized carbons (Fsp3) is 0.188. The summed E-state index contributed by atoms with van der Waals surface area (Å²) in [7, 11) is 0. The predicted molar refractivity (Wildman–Crippen MR) is 77.4 cm³/mol. The Labute approximate surface area is 123 Å². The van der Waals surface area contributed by atoms with Gasteiger partial charge in [0.25, 0.3) is 5.91 Å². The van der Waals surface area contributed by atoms with Crippen molar-refractivity contribution < 1.29 is 14.3 Å². The second-order valence-electron chi connectivity index (χ2n) is 4.49. The molecule has 1 N–H and O–H groups in total. The van der Waals surface area contributed by atoms with Crippen molar-refractivity contribution in [3.05, 3.63) is 66.0 Å². The molecule has 2 aromatic rings. The maximum atomic E-state index is 11.9. The fourth-order valence-corrected chi connectivity index (χ4v) is 1.69. The van der Waals surface area contributed by atoms with Crippen molar-refractivity contribution in [2.24, 2.45) is 0 Å². The van der Waals surface area contributed by atoms with Crippen LogP contribution in [0, 0.1) is 0 Å². The van der Waals surface area contributed by atoms with Gasteiger partial charge in [-0.15, -0.1) is 0 Å². The van der Waals surface area contributed by atoms with Crippen LogP contribution in [-0.2, 0) is 16.1 Å². The summed E-state index contributed by atoms with van der Waals surface area (Å²) in [5, 5.41) is 2.72. The van der Waals surface area contributed by atoms with Gasteiger partial charge in [0.2, 0.25) is 0 Å². The molecule has 0 fully saturated rings. The highest BCUT2D eigenvalue weighted by atomic mass is 16.5. The smallest absolute Gasteiger partial charge is 0.340 e. The molecule has 0 saturated carbocycles. The van der Waals surface area contributed by atoms with E-state index >= 15 is 0 Å². The van der Waals surface area contributed by atoms with Crippen LogP contribution in [0.3, 0.4) is 0 Å². The quantitative estimate of drug-likeness (QED) is 0.852. The van der Waals surface area contributed by atoms with Crippen LogP contribution >= 0.6 is 0 Å². The topological polar surface area (TPSA) is 68.3 Å². The van der Waals surface area contributed by atoms with Gasteiger partial charge in [0.15, 0.2) is 6.10 Å². The first kappa shape index (κ1) is 14.7. The van der Waals surface area contributed by atoms with E-state index in [0.29, 0.717) is 12.1 Å². The SMILES string of the molecule is CC(OC(=O)c1cccnc1)C(=O)NCc1ccccc1. The fourth-order valence-electron chi connectivity index (χ4n) is 1.69. The highest BCUT2D eigenvalue weighted by molar-refractivity contribution is 5.91. The van der Waals surface area contributed by atoms with Crippen molar-refractivity contribution in [3.8, 4) is 0 Å². The van der Waals surface area contributed by atoms with Gasteiger partial charge in [-0.25, -0.2) is 4.79 Å². The van der Waals surface area contributed by atoms with Crippen LogP contribution in [0.5, 0.6) is 0 Å². The molecule has 0 aliphatic carbocycles. The molecule has 5 nitrogen and oxygen atoms in total. The van der Waals surface area contributed by atoms with E-state index in [9.17, 15) is 9.59 Å². The van der Waals surface area contributed by atoms with Gasteiger partial charge < -0.3 is 10.1 Å². The molecule has 0 aliphatic rings. The number of hydrogen-bond acceptors (Lipinski definition) is 4. The predicted octanol–water partition coefficient (Wildman–Crippen LogP) is 1.94. The Kier molecular flexibility index (Phi) is 5.04. The lowest BCUT2D eigenvalue weighted by atomic mass is 10.2. The van der Waals surface area contributed by atoms with Crippen LogP contribution in [0.15, 0.2) is 54.9 Å². The van der Waals surface area contributed by atoms with Crippen LogP contribution < -0.4 is 5.32 Å². The summed E-state index contributed by atoms with van der Waals surface area (Å²) < 4.78 is 5.10. The van der Waals surface area contributed by atoms with E-state index < -0.39 is 12.1 Å². The lowest BCUT2D eigenvalue weighted by molar-refractivity contribution is -0.129. The van der Waals surface area contributed by atoms with Crippen molar-refractivity contribution in [2.45, 2.75) is 19.6 Å². The van der Waals surface area contributed by atoms with Gasteiger partial charge in [0, 0.05) is 18.9 Å². The van der Waals surface area contributed by atoms with Crippen molar-refractivity contribution >= 4 is 11.9 Å². The average molecular weight is 284 g/mol. The molecule has 0 bridgehead atoms. The molecule has 1 heterocycles. The van der Waals surface area contributed by atoms with E-state index in [1.807, 2.05) is 30.3 Å². The summed E-state index contributed by atoms with van der Waals surface area (Å²) in [6.07, 6.45) is 2.10. The number of esters is 1. The highest BCUT2D eigenvalue weighted by Gasteiger charge is 2.18. The van der Waals surface area contributed by atoms with Crippen LogP contribution in [0.1, 0.15) is 22.8 Å². The minimum absolute atomic E-state index is 0.320. The summed E-state index contributed by atoms with van der Waals surface area (Å²) >= 11 is 0. The highest BCUT2D eigenvalue weighted by Crippen LogP contribution is 2.03. The van der Waals surface area contributed by atoms with Gasteiger partial charge >= 0.3 is 5.97 Å². The summed E-state index contributed by atoms with van der Waals surface area (Å²) in [5.41, 5.74) is 1.30. The largest absolute Gasteiger partial charge is 0.449 e. The maximum absolute atomic E-state index is 11.9. The number of rotatable bonds is 5. The second kappa shape index (κ2) is 7.19. The van der Waals surface area contributed by atoms with Crippen molar-refractivity contribution in [1.82, 2.24) is 10.3 Å². The first-order chi connectivity index (χ1) is 10.2. The molecule has 108 valence electrons. The number of carbonyl (C=O) groups is 2. The second-order valence-corrected chi connectivity index (χ2v) is 4.49. The van der Waals surface area contributed by atoms with Gasteiger partial charge in [-0.05, 0) is 24.6 Å². The van der Waals surface area contributed by atoms with E-state index in [1.54, 1.807) is 18.3 Å². The molecule has 1 aromatic carbocycles. The number of pyridine rings is 1. The standard InChI is InChI=1S/C16H16N2O3/c1-12(21-16(20)14-8-5-9-17-11-14)15(19)18-10-13-6-3-2-4-7-13/h2-9,11-12H,10H2,1H3,(H,18,19). The Bertz CT molecular complexity index is 599. The lowest BCUT2D eigenvalue weighted by Gasteiger charge is -2.13. The average Bonchev–Trinajstić information content (AvgIpc) is 2.54. The zero-order valence-corrected chi connectivity index (χ0v) is 11.7. The molecule has 1 amide bonds. The number of benzene rings is 1. The third-order valence-corrected chi connectivity index (χ3v) is 2.86. The van der Waals surface area contributed by atoms with Crippen LogP contribution in [-0.4, -0.2) is 23.0 Å². The molecular formula is C16H16N2O3. The van der Waals surface area contributed by atoms with Gasteiger partial charge in [-0.3, -0.25) is 9.78 Å². The molecule has 5 heteroatoms. The number of amides is 1. The van der Waals surface area contributed by atoms with Gasteiger partial charge in [0.1, 0.15) is 0 Å². The van der Waals surface area contributed by atoms with E-state index in [0.717, 1.165) is 5.56 Å². The molecule has 1 aromatic heterocycles. The lowest BCUT2D eigenvalue weighted by Crippen LogP contribution is -2.35. The zero-order valence-electron chi connectivity index (χ0n) is 11.7. The number of nitrogens with one attached hydrogen (secondary N) is 1. The first-order valence-corrected chi connectivity index (χ1v) is 6.59. The molecule has 0 aliphatic heterocycles. The molecule has 1 unspecified atom stereocenters. The van der Waals surface area contributed by atoms with Gasteiger partial charge in [-0.1, -0.05) is 30.3 Å². The Morgan fingerprint density at radius 2 is 1.95 bits per heavy atom. The van der Waals surface area contributed by atoms with Crippen LogP contribution in [0.4, 0.5) is 0 Å². The number of aromatic nitrogens is 1. The summed E-state index contributed by atoms with van der Waals surface area (Å²) in [4.78, 5) is 27.5. The maximum Gasteiger partial charge on any atom is 0.340 e. The van der Waals surface area contributed by atoms with Gasteiger partial charge in [0.05, 0.1) is 5.56 Å². The van der Waals surface area contributed by atoms with Crippen molar-refractivity contribution in [1.29, 1.82) is 0 Å². The minimum atomic E-state index is -0.860. The molecule has 1 atom stereocenters. The molecule has 0 spiro atoms. The van der Waals surface area contributed by atoms with E-state index in [1.165, 1.54) is 13.1 Å². The van der Waals surface area contributed by atoms with E-state index in [-0.39, 0.29) is 5.91 Å². The Balaban J connectivity index is 1.84. The Morgan fingerprint density at radius 3 is 2.62 bits per heavy atom. The third kappa shape index (κ3) is 4.42. The number of ether oxygens (including phenoxy) is 1. The number of carbonyl (C=O) groups excluding carboxylic acids is 2. The summed E-state index contributed by atoms with van der Waals surface area (Å²) in [6, 6.07) is 12.7. The first-order valence-electron chi connectivity index (χ1n) is 6.59. The molecule has 0 saturated heterocycles. The normalized spacial score (nSPS) is 11.5. The van der Waals surface area contributed by atoms with Crippen LogP contribution in [0.2, 0.25) is 0 Å². The summed E-state index contributed by atoms with van der Waals surface area (Å²) in [5.74, 6) is -0.901. The van der Waals surface area contributed by atoms with Crippen LogP contribution in [0.25, 0.3) is 0 Å². The summed E-state index contributed by atoms with van der Waals surface area (Å²) in [6.45, 7) is 1.93. The third-order valence-electron chi connectivity index (χ3n) is 2.86. The van der Waals surface area contributed by atoms with Crippen molar-refractivity contribution in [2.75, 3.05) is 0 Å². The monoisotopic (exact) mass is 284 g/mol. The Morgan fingerprint density at radius 1 is 1.19 bits per heavy atom. The van der Waals surface area contributed by atoms with E-state index in [2.05, 4.69) is 10.3 Å². The van der Waals surface area contributed by atoms with Crippen molar-refractivity contribution in [3.63, 3.8) is 0 Å². The number of nitrogens with zero attached hydrogens (tertiary/aromatic N) is 1. The zero-order chi connectivity index (χ0) is 15.1. The van der Waals surface area contributed by atoms with E-state index in [4.69, 9.17) is 4.74 Å². The number of hydrogen-bond donors (Lipinski definition) is 1. The molecule has 21 heavy (non-hydrogen) atoms.